The second kappa shape index (κ2) is 4.56. The van der Waals surface area contributed by atoms with Gasteiger partial charge in [-0.1, -0.05) is 0 Å². The Hall–Kier alpha value is -2.63. The molecule has 0 fully saturated rings. The molecule has 96 valence electrons. The van der Waals surface area contributed by atoms with Crippen molar-refractivity contribution >= 4 is 11.6 Å². The lowest BCUT2D eigenvalue weighted by atomic mass is 10.2. The van der Waals surface area contributed by atoms with Crippen molar-refractivity contribution in [2.24, 2.45) is 0 Å². The topological polar surface area (TPSA) is 72.3 Å². The largest absolute Gasteiger partial charge is 0.462 e. The molecule has 3 rings (SSSR count). The first-order valence-electron chi connectivity index (χ1n) is 5.94. The molecule has 0 atom stereocenters. The Morgan fingerprint density at radius 1 is 1.47 bits per heavy atom. The van der Waals surface area contributed by atoms with E-state index in [1.54, 1.807) is 17.6 Å². The summed E-state index contributed by atoms with van der Waals surface area (Å²) in [6.45, 7) is 2.09. The van der Waals surface area contributed by atoms with Gasteiger partial charge >= 0.3 is 5.97 Å². The number of hydrogen-bond donors (Lipinski definition) is 1. The molecular formula is C13H12N4O2. The number of aromatic amines is 1. The number of H-pyrrole nitrogens is 1. The average molecular weight is 256 g/mol. The van der Waals surface area contributed by atoms with Gasteiger partial charge in [0.25, 0.3) is 0 Å². The fourth-order valence-corrected chi connectivity index (χ4v) is 1.87. The van der Waals surface area contributed by atoms with Crippen molar-refractivity contribution in [1.82, 2.24) is 19.6 Å². The van der Waals surface area contributed by atoms with Gasteiger partial charge in [0.15, 0.2) is 5.65 Å². The Balaban J connectivity index is 2.10. The summed E-state index contributed by atoms with van der Waals surface area (Å²) in [6, 6.07) is 3.76. The van der Waals surface area contributed by atoms with Crippen LogP contribution in [0.2, 0.25) is 0 Å². The van der Waals surface area contributed by atoms with Gasteiger partial charge in [0, 0.05) is 24.2 Å². The van der Waals surface area contributed by atoms with Crippen LogP contribution in [0.5, 0.6) is 0 Å². The van der Waals surface area contributed by atoms with Crippen LogP contribution in [0.25, 0.3) is 16.9 Å². The Kier molecular flexibility index (Phi) is 2.75. The van der Waals surface area contributed by atoms with Crippen molar-refractivity contribution in [1.29, 1.82) is 0 Å². The van der Waals surface area contributed by atoms with Crippen molar-refractivity contribution in [3.05, 3.63) is 42.5 Å². The lowest BCUT2D eigenvalue weighted by molar-refractivity contribution is 0.0528. The van der Waals surface area contributed by atoms with Gasteiger partial charge in [0.05, 0.1) is 18.5 Å². The van der Waals surface area contributed by atoms with E-state index in [9.17, 15) is 4.79 Å². The number of hydrogen-bond acceptors (Lipinski definition) is 4. The minimum atomic E-state index is -0.406. The maximum atomic E-state index is 11.8. The predicted octanol–water partition coefficient (Wildman–Crippen LogP) is 1.90. The molecule has 0 radical (unpaired) electrons. The van der Waals surface area contributed by atoms with Crippen molar-refractivity contribution in [3.8, 4) is 11.3 Å². The number of carbonyl (C=O) groups excluding carboxylic acids is 1. The third-order valence-electron chi connectivity index (χ3n) is 2.76. The Morgan fingerprint density at radius 2 is 2.37 bits per heavy atom. The third kappa shape index (κ3) is 1.97. The number of rotatable bonds is 3. The highest BCUT2D eigenvalue weighted by molar-refractivity contribution is 5.95. The van der Waals surface area contributed by atoms with Crippen LogP contribution >= 0.6 is 0 Å². The number of aromatic nitrogens is 4. The summed E-state index contributed by atoms with van der Waals surface area (Å²) >= 11 is 0. The zero-order chi connectivity index (χ0) is 13.2. The summed E-state index contributed by atoms with van der Waals surface area (Å²) in [5.41, 5.74) is 2.61. The Bertz CT molecular complexity index is 715. The molecule has 0 aliphatic rings. The molecular weight excluding hydrogens is 244 g/mol. The van der Waals surface area contributed by atoms with Crippen LogP contribution < -0.4 is 0 Å². The predicted molar refractivity (Wildman–Crippen MR) is 68.7 cm³/mol. The van der Waals surface area contributed by atoms with Crippen molar-refractivity contribution < 1.29 is 9.53 Å². The molecule has 1 N–H and O–H groups in total. The monoisotopic (exact) mass is 256 g/mol. The molecule has 6 nitrogen and oxygen atoms in total. The smallest absolute Gasteiger partial charge is 0.343 e. The quantitative estimate of drug-likeness (QED) is 0.726. The van der Waals surface area contributed by atoms with Crippen LogP contribution in [0.4, 0.5) is 0 Å². The number of fused-ring (bicyclic) bond motifs is 1. The first-order valence-corrected chi connectivity index (χ1v) is 5.94. The van der Waals surface area contributed by atoms with Crippen LogP contribution in [0, 0.1) is 0 Å². The molecule has 0 aromatic carbocycles. The minimum Gasteiger partial charge on any atom is -0.462 e. The van der Waals surface area contributed by atoms with Crippen LogP contribution in [0.3, 0.4) is 0 Å². The lowest BCUT2D eigenvalue weighted by Crippen LogP contribution is -2.05. The molecule has 0 spiro atoms. The van der Waals surface area contributed by atoms with Crippen molar-refractivity contribution in [3.63, 3.8) is 0 Å². The van der Waals surface area contributed by atoms with Crippen LogP contribution in [0.15, 0.2) is 36.9 Å². The van der Waals surface area contributed by atoms with Crippen molar-refractivity contribution in [2.45, 2.75) is 6.92 Å². The minimum absolute atomic E-state index is 0.327. The normalized spacial score (nSPS) is 10.8. The van der Waals surface area contributed by atoms with E-state index in [-0.39, 0.29) is 0 Å². The average Bonchev–Trinajstić information content (AvgIpc) is 3.07. The molecule has 6 heteroatoms. The molecule has 3 heterocycles. The van der Waals surface area contributed by atoms with E-state index >= 15 is 0 Å². The molecule has 0 saturated heterocycles. The number of nitrogens with one attached hydrogen (secondary N) is 1. The molecule has 0 bridgehead atoms. The van der Waals surface area contributed by atoms with Gasteiger partial charge in [0.1, 0.15) is 5.56 Å². The number of carbonyl (C=O) groups is 1. The van der Waals surface area contributed by atoms with Gasteiger partial charge in [-0.05, 0) is 19.1 Å². The molecule has 3 aromatic heterocycles. The molecule has 0 aliphatic carbocycles. The summed E-state index contributed by atoms with van der Waals surface area (Å²) in [5, 5.41) is 4.09. The van der Waals surface area contributed by atoms with Crippen LogP contribution in [-0.2, 0) is 4.74 Å². The Labute approximate surface area is 109 Å². The summed E-state index contributed by atoms with van der Waals surface area (Å²) < 4.78 is 6.54. The second-order valence-electron chi connectivity index (χ2n) is 3.96. The van der Waals surface area contributed by atoms with Gasteiger partial charge in [-0.15, -0.1) is 0 Å². The zero-order valence-corrected chi connectivity index (χ0v) is 10.3. The molecule has 3 aromatic rings. The third-order valence-corrected chi connectivity index (χ3v) is 2.76. The van der Waals surface area contributed by atoms with Crippen LogP contribution in [0.1, 0.15) is 17.3 Å². The van der Waals surface area contributed by atoms with E-state index < -0.39 is 5.97 Å². The Morgan fingerprint density at radius 3 is 3.11 bits per heavy atom. The van der Waals surface area contributed by atoms with E-state index in [4.69, 9.17) is 4.74 Å². The molecule has 0 amide bonds. The molecule has 0 unspecified atom stereocenters. The lowest BCUT2D eigenvalue weighted by Gasteiger charge is -2.01. The highest BCUT2D eigenvalue weighted by atomic mass is 16.5. The summed E-state index contributed by atoms with van der Waals surface area (Å²) in [5.74, 6) is -0.406. The van der Waals surface area contributed by atoms with E-state index in [2.05, 4.69) is 15.1 Å². The maximum absolute atomic E-state index is 11.8. The SMILES string of the molecule is CCOC(=O)c1cnn2ccc(-c3cc[nH]c3)nc12. The standard InChI is InChI=1S/C13H12N4O2/c1-2-19-13(18)10-8-15-17-6-4-11(16-12(10)17)9-3-5-14-7-9/h3-8,14H,2H2,1H3. The molecule has 19 heavy (non-hydrogen) atoms. The maximum Gasteiger partial charge on any atom is 0.343 e. The summed E-state index contributed by atoms with van der Waals surface area (Å²) in [4.78, 5) is 19.2. The van der Waals surface area contributed by atoms with Crippen LogP contribution in [-0.4, -0.2) is 32.2 Å². The summed E-state index contributed by atoms with van der Waals surface area (Å²) in [7, 11) is 0. The van der Waals surface area contributed by atoms with E-state index in [0.717, 1.165) is 11.3 Å². The second-order valence-corrected chi connectivity index (χ2v) is 3.96. The van der Waals surface area contributed by atoms with E-state index in [1.807, 2.05) is 24.5 Å². The fourth-order valence-electron chi connectivity index (χ4n) is 1.87. The highest BCUT2D eigenvalue weighted by Crippen LogP contribution is 2.18. The van der Waals surface area contributed by atoms with Gasteiger partial charge in [-0.25, -0.2) is 14.3 Å². The highest BCUT2D eigenvalue weighted by Gasteiger charge is 2.15. The van der Waals surface area contributed by atoms with Gasteiger partial charge in [-0.2, -0.15) is 5.10 Å². The van der Waals surface area contributed by atoms with Crippen molar-refractivity contribution in [2.75, 3.05) is 6.61 Å². The van der Waals surface area contributed by atoms with E-state index in [0.29, 0.717) is 17.8 Å². The molecule has 0 aliphatic heterocycles. The molecule has 0 saturated carbocycles. The van der Waals surface area contributed by atoms with Gasteiger partial charge < -0.3 is 9.72 Å². The fraction of sp³-hybridized carbons (Fsp3) is 0.154. The van der Waals surface area contributed by atoms with E-state index in [1.165, 1.54) is 6.20 Å². The number of esters is 1. The van der Waals surface area contributed by atoms with Gasteiger partial charge in [-0.3, -0.25) is 0 Å². The van der Waals surface area contributed by atoms with Gasteiger partial charge in [0.2, 0.25) is 0 Å². The summed E-state index contributed by atoms with van der Waals surface area (Å²) in [6.07, 6.45) is 6.91. The number of ether oxygens (including phenoxy) is 1. The zero-order valence-electron chi connectivity index (χ0n) is 10.3. The first kappa shape index (κ1) is 11.5. The first-order chi connectivity index (χ1) is 9.29. The number of nitrogens with zero attached hydrogens (tertiary/aromatic N) is 3.